The lowest BCUT2D eigenvalue weighted by Crippen LogP contribution is -2.48. The van der Waals surface area contributed by atoms with E-state index in [1.54, 1.807) is 19.2 Å². The van der Waals surface area contributed by atoms with Crippen molar-refractivity contribution >= 4 is 33.1 Å². The van der Waals surface area contributed by atoms with Crippen molar-refractivity contribution in [2.75, 3.05) is 31.1 Å². The number of anilines is 1. The summed E-state index contributed by atoms with van der Waals surface area (Å²) < 4.78 is 7.05. The zero-order valence-electron chi connectivity index (χ0n) is 18.7. The van der Waals surface area contributed by atoms with Crippen LogP contribution in [0.25, 0.3) is 10.2 Å². The van der Waals surface area contributed by atoms with Crippen LogP contribution in [0.15, 0.2) is 66.9 Å². The molecule has 1 aliphatic heterocycles. The van der Waals surface area contributed by atoms with Gasteiger partial charge >= 0.3 is 0 Å². The third kappa shape index (κ3) is 4.56. The van der Waals surface area contributed by atoms with Gasteiger partial charge in [0.15, 0.2) is 0 Å². The van der Waals surface area contributed by atoms with Crippen LogP contribution in [0.1, 0.15) is 23.4 Å². The number of rotatable bonds is 5. The maximum atomic E-state index is 11.5. The summed E-state index contributed by atoms with van der Waals surface area (Å²) in [4.78, 5) is 24.6. The number of nitrogens with zero attached hydrogens (tertiary/aromatic N) is 5. The van der Waals surface area contributed by atoms with Gasteiger partial charge in [-0.2, -0.15) is 5.26 Å². The first kappa shape index (κ1) is 21.9. The molecular formula is C26H23N5O2S. The van der Waals surface area contributed by atoms with Crippen LogP contribution in [-0.2, 0) is 4.79 Å². The van der Waals surface area contributed by atoms with Crippen molar-refractivity contribution in [2.45, 2.75) is 12.8 Å². The first-order valence-corrected chi connectivity index (χ1v) is 11.9. The van der Waals surface area contributed by atoms with Gasteiger partial charge in [-0.3, -0.25) is 4.79 Å². The lowest BCUT2D eigenvalue weighted by atomic mass is 10.0. The summed E-state index contributed by atoms with van der Waals surface area (Å²) in [6.07, 6.45) is 1.66. The number of hydrogen-bond donors (Lipinski definition) is 0. The van der Waals surface area contributed by atoms with Crippen LogP contribution in [-0.4, -0.2) is 47.0 Å². The molecule has 2 aromatic heterocycles. The molecule has 8 heteroatoms. The van der Waals surface area contributed by atoms with E-state index in [0.29, 0.717) is 11.6 Å². The Balaban J connectivity index is 1.29. The molecule has 1 atom stereocenters. The van der Waals surface area contributed by atoms with Crippen LogP contribution < -0.4 is 9.64 Å². The Morgan fingerprint density at radius 1 is 1.09 bits per heavy atom. The quantitative estimate of drug-likeness (QED) is 0.417. The maximum Gasteiger partial charge on any atom is 0.219 e. The number of benzene rings is 2. The van der Waals surface area contributed by atoms with Crippen molar-refractivity contribution in [3.63, 3.8) is 0 Å². The number of piperazine rings is 1. The second-order valence-corrected chi connectivity index (χ2v) is 9.16. The van der Waals surface area contributed by atoms with E-state index in [2.05, 4.69) is 20.9 Å². The van der Waals surface area contributed by atoms with E-state index in [9.17, 15) is 10.1 Å². The Bertz CT molecular complexity index is 1320. The van der Waals surface area contributed by atoms with Crippen molar-refractivity contribution in [3.8, 4) is 17.7 Å². The fourth-order valence-electron chi connectivity index (χ4n) is 4.07. The van der Waals surface area contributed by atoms with E-state index in [0.717, 1.165) is 52.7 Å². The number of hydrogen-bond acceptors (Lipinski definition) is 7. The minimum absolute atomic E-state index is 0.125. The van der Waals surface area contributed by atoms with Crippen LogP contribution in [0.4, 0.5) is 5.69 Å². The lowest BCUT2D eigenvalue weighted by molar-refractivity contribution is -0.129. The molecule has 0 aliphatic carbocycles. The van der Waals surface area contributed by atoms with E-state index in [1.165, 1.54) is 11.3 Å². The highest BCUT2D eigenvalue weighted by Gasteiger charge is 2.20. The first-order valence-electron chi connectivity index (χ1n) is 11.1. The normalized spacial score (nSPS) is 14.6. The number of carbonyl (C=O) groups is 1. The number of amides is 1. The number of ether oxygens (including phenoxy) is 1. The number of nitriles is 1. The number of fused-ring (bicyclic) bond motifs is 1. The van der Waals surface area contributed by atoms with Crippen molar-refractivity contribution in [1.82, 2.24) is 14.9 Å². The Morgan fingerprint density at radius 3 is 2.56 bits per heavy atom. The summed E-state index contributed by atoms with van der Waals surface area (Å²) in [5.41, 5.74) is 2.79. The maximum absolute atomic E-state index is 11.5. The van der Waals surface area contributed by atoms with E-state index < -0.39 is 5.92 Å². The fraction of sp³-hybridized carbons (Fsp3) is 0.231. The van der Waals surface area contributed by atoms with Crippen LogP contribution in [0.3, 0.4) is 0 Å². The van der Waals surface area contributed by atoms with Crippen molar-refractivity contribution in [3.05, 3.63) is 77.4 Å². The molecule has 0 N–H and O–H groups in total. The molecule has 0 bridgehead atoms. The fourth-order valence-corrected chi connectivity index (χ4v) is 5.11. The second kappa shape index (κ2) is 9.49. The number of para-hydroxylation sites is 1. The molecule has 3 heterocycles. The predicted molar refractivity (Wildman–Crippen MR) is 132 cm³/mol. The SMILES string of the molecule is CC(=O)N1CCN(c2ccc(Oc3cc(C(C#N)c4nc5ccccc5s4)ccn3)cc2)CC1. The molecule has 2 aromatic carbocycles. The topological polar surface area (TPSA) is 82.4 Å². The van der Waals surface area contributed by atoms with E-state index in [1.807, 2.05) is 59.5 Å². The number of thiazole rings is 1. The van der Waals surface area contributed by atoms with Crippen LogP contribution >= 0.6 is 11.3 Å². The van der Waals surface area contributed by atoms with Crippen LogP contribution in [0.5, 0.6) is 11.6 Å². The molecule has 0 saturated carbocycles. The number of pyridine rings is 1. The molecular weight excluding hydrogens is 446 g/mol. The van der Waals surface area contributed by atoms with Crippen LogP contribution in [0, 0.1) is 11.3 Å². The van der Waals surface area contributed by atoms with Gasteiger partial charge in [0.1, 0.15) is 16.7 Å². The van der Waals surface area contributed by atoms with Gasteiger partial charge < -0.3 is 14.5 Å². The Kier molecular flexibility index (Phi) is 6.11. The number of carbonyl (C=O) groups excluding carboxylic acids is 1. The van der Waals surface area contributed by atoms with Crippen molar-refractivity contribution in [1.29, 1.82) is 5.26 Å². The third-order valence-electron chi connectivity index (χ3n) is 5.93. The van der Waals surface area contributed by atoms with Gasteiger partial charge in [-0.15, -0.1) is 11.3 Å². The Morgan fingerprint density at radius 2 is 1.85 bits per heavy atom. The highest BCUT2D eigenvalue weighted by Crippen LogP contribution is 2.33. The molecule has 0 spiro atoms. The zero-order chi connectivity index (χ0) is 23.5. The van der Waals surface area contributed by atoms with Crippen molar-refractivity contribution < 1.29 is 9.53 Å². The highest BCUT2D eigenvalue weighted by atomic mass is 32.1. The van der Waals surface area contributed by atoms with Gasteiger partial charge in [0.25, 0.3) is 0 Å². The summed E-state index contributed by atoms with van der Waals surface area (Å²) in [5.74, 6) is 0.740. The average molecular weight is 470 g/mol. The molecule has 0 radical (unpaired) electrons. The monoisotopic (exact) mass is 469 g/mol. The molecule has 34 heavy (non-hydrogen) atoms. The van der Waals surface area contributed by atoms with Gasteiger partial charge in [-0.1, -0.05) is 12.1 Å². The zero-order valence-corrected chi connectivity index (χ0v) is 19.5. The van der Waals surface area contributed by atoms with E-state index in [4.69, 9.17) is 4.74 Å². The molecule has 5 rings (SSSR count). The predicted octanol–water partition coefficient (Wildman–Crippen LogP) is 4.81. The van der Waals surface area contributed by atoms with Crippen LogP contribution in [0.2, 0.25) is 0 Å². The van der Waals surface area contributed by atoms with E-state index in [-0.39, 0.29) is 5.91 Å². The minimum Gasteiger partial charge on any atom is -0.439 e. The third-order valence-corrected chi connectivity index (χ3v) is 7.03. The molecule has 7 nitrogen and oxygen atoms in total. The summed E-state index contributed by atoms with van der Waals surface area (Å²) >= 11 is 1.53. The molecule has 1 saturated heterocycles. The van der Waals surface area contributed by atoms with Gasteiger partial charge in [0.2, 0.25) is 11.8 Å². The van der Waals surface area contributed by atoms with Crippen molar-refractivity contribution in [2.24, 2.45) is 0 Å². The summed E-state index contributed by atoms with van der Waals surface area (Å²) in [6, 6.07) is 21.8. The molecule has 1 unspecified atom stereocenters. The first-order chi connectivity index (χ1) is 16.6. The molecule has 4 aromatic rings. The second-order valence-electron chi connectivity index (χ2n) is 8.10. The van der Waals surface area contributed by atoms with Gasteiger partial charge in [0.05, 0.1) is 16.3 Å². The van der Waals surface area contributed by atoms with Gasteiger partial charge in [-0.05, 0) is 48.0 Å². The Labute approximate surface area is 201 Å². The standard InChI is InChI=1S/C26H23N5O2S/c1-18(32)30-12-14-31(15-13-30)20-6-8-21(9-7-20)33-25-16-19(10-11-28-25)22(17-27)26-29-23-4-2-3-5-24(23)34-26/h2-11,16,22H,12-15H2,1H3. The molecule has 1 aliphatic rings. The average Bonchev–Trinajstić information content (AvgIpc) is 3.29. The van der Waals surface area contributed by atoms with Gasteiger partial charge in [-0.25, -0.2) is 9.97 Å². The van der Waals surface area contributed by atoms with Gasteiger partial charge in [0, 0.05) is 51.1 Å². The minimum atomic E-state index is -0.487. The molecule has 1 fully saturated rings. The summed E-state index contributed by atoms with van der Waals surface area (Å²) in [6.45, 7) is 4.70. The smallest absolute Gasteiger partial charge is 0.219 e. The number of aromatic nitrogens is 2. The summed E-state index contributed by atoms with van der Waals surface area (Å²) in [7, 11) is 0. The lowest BCUT2D eigenvalue weighted by Gasteiger charge is -2.35. The largest absolute Gasteiger partial charge is 0.439 e. The van der Waals surface area contributed by atoms with E-state index >= 15 is 0 Å². The highest BCUT2D eigenvalue weighted by molar-refractivity contribution is 7.18. The Hall–Kier alpha value is -3.96. The molecule has 1 amide bonds. The summed E-state index contributed by atoms with van der Waals surface area (Å²) in [5, 5.41) is 10.6. The molecule has 170 valence electrons.